The van der Waals surface area contributed by atoms with Gasteiger partial charge in [-0.05, 0) is 37.1 Å². The molecule has 0 aliphatic carbocycles. The normalized spacial score (nSPS) is 18.6. The van der Waals surface area contributed by atoms with Crippen LogP contribution in [0.5, 0.6) is 0 Å². The van der Waals surface area contributed by atoms with Gasteiger partial charge in [-0.3, -0.25) is 9.59 Å². The molecule has 18 heavy (non-hydrogen) atoms. The maximum atomic E-state index is 11.8. The van der Waals surface area contributed by atoms with Gasteiger partial charge in [-0.25, -0.2) is 0 Å². The number of carboxylic acid groups (broad SMARTS) is 1. The molecule has 0 radical (unpaired) electrons. The van der Waals surface area contributed by atoms with E-state index in [1.54, 1.807) is 24.3 Å². The molecular weight excluding hydrogens is 232 g/mol. The highest BCUT2D eigenvalue weighted by Crippen LogP contribution is 2.12. The maximum Gasteiger partial charge on any atom is 0.307 e. The second kappa shape index (κ2) is 5.64. The van der Waals surface area contributed by atoms with Gasteiger partial charge in [-0.15, -0.1) is 0 Å². The van der Waals surface area contributed by atoms with Gasteiger partial charge in [0.15, 0.2) is 0 Å². The lowest BCUT2D eigenvalue weighted by Crippen LogP contribution is -2.35. The average molecular weight is 248 g/mol. The van der Waals surface area contributed by atoms with E-state index in [4.69, 9.17) is 5.11 Å². The number of carbonyl (C=O) groups excluding carboxylic acids is 1. The summed E-state index contributed by atoms with van der Waals surface area (Å²) in [6.45, 7) is 0.885. The fourth-order valence-corrected chi connectivity index (χ4v) is 2.02. The molecule has 0 saturated carbocycles. The smallest absolute Gasteiger partial charge is 0.307 e. The molecule has 0 aromatic heterocycles. The molecule has 1 atom stereocenters. The fraction of sp³-hybridized carbons (Fsp3) is 0.385. The second-order valence-corrected chi connectivity index (χ2v) is 4.41. The number of anilines is 1. The predicted molar refractivity (Wildman–Crippen MR) is 67.4 cm³/mol. The van der Waals surface area contributed by atoms with Crippen LogP contribution < -0.4 is 10.6 Å². The molecule has 1 aromatic carbocycles. The van der Waals surface area contributed by atoms with Gasteiger partial charge in [0, 0.05) is 5.69 Å². The molecule has 0 unspecified atom stereocenters. The summed E-state index contributed by atoms with van der Waals surface area (Å²) in [6, 6.07) is 6.78. The van der Waals surface area contributed by atoms with Gasteiger partial charge in [0.2, 0.25) is 5.91 Å². The molecule has 1 aliphatic rings. The van der Waals surface area contributed by atoms with Crippen LogP contribution in [0.25, 0.3) is 0 Å². The highest BCUT2D eigenvalue weighted by atomic mass is 16.4. The molecular formula is C13H16N2O3. The number of carbonyl (C=O) groups is 2. The van der Waals surface area contributed by atoms with Crippen LogP contribution in [0.3, 0.4) is 0 Å². The Morgan fingerprint density at radius 2 is 2.06 bits per heavy atom. The summed E-state index contributed by atoms with van der Waals surface area (Å²) < 4.78 is 0. The van der Waals surface area contributed by atoms with Crippen molar-refractivity contribution in [1.82, 2.24) is 5.32 Å². The number of nitrogens with one attached hydrogen (secondary N) is 2. The third-order valence-corrected chi connectivity index (χ3v) is 2.95. The van der Waals surface area contributed by atoms with E-state index in [0.29, 0.717) is 5.69 Å². The molecule has 96 valence electrons. The molecule has 1 aromatic rings. The van der Waals surface area contributed by atoms with E-state index in [-0.39, 0.29) is 18.4 Å². The van der Waals surface area contributed by atoms with E-state index >= 15 is 0 Å². The molecule has 1 aliphatic heterocycles. The van der Waals surface area contributed by atoms with E-state index in [1.807, 2.05) is 0 Å². The van der Waals surface area contributed by atoms with E-state index in [0.717, 1.165) is 24.9 Å². The fourth-order valence-electron chi connectivity index (χ4n) is 2.02. The molecule has 0 bridgehead atoms. The first-order valence-corrected chi connectivity index (χ1v) is 6.00. The average Bonchev–Trinajstić information content (AvgIpc) is 2.84. The molecule has 5 nitrogen and oxygen atoms in total. The zero-order chi connectivity index (χ0) is 13.0. The van der Waals surface area contributed by atoms with Crippen molar-refractivity contribution in [3.05, 3.63) is 29.8 Å². The minimum atomic E-state index is -0.859. The van der Waals surface area contributed by atoms with Crippen molar-refractivity contribution in [1.29, 1.82) is 0 Å². The topological polar surface area (TPSA) is 78.4 Å². The highest BCUT2D eigenvalue weighted by molar-refractivity contribution is 5.95. The Morgan fingerprint density at radius 1 is 1.33 bits per heavy atom. The molecule has 2 rings (SSSR count). The summed E-state index contributed by atoms with van der Waals surface area (Å²) in [5.74, 6) is -0.888. The Bertz CT molecular complexity index is 436. The minimum Gasteiger partial charge on any atom is -0.481 e. The number of carboxylic acids is 1. The predicted octanol–water partition coefficient (Wildman–Crippen LogP) is 1.00. The standard InChI is InChI=1S/C13H16N2O3/c16-12(17)8-9-3-5-10(6-4-9)15-13(18)11-2-1-7-14-11/h3-6,11,14H,1-2,7-8H2,(H,15,18)(H,16,17)/t11-/m1/s1. The van der Waals surface area contributed by atoms with Crippen LogP contribution in [0.4, 0.5) is 5.69 Å². The number of rotatable bonds is 4. The number of hydrogen-bond acceptors (Lipinski definition) is 3. The van der Waals surface area contributed by atoms with Crippen molar-refractivity contribution in [2.24, 2.45) is 0 Å². The molecule has 1 heterocycles. The Hall–Kier alpha value is -1.88. The first-order valence-electron chi connectivity index (χ1n) is 6.00. The first kappa shape index (κ1) is 12.6. The summed E-state index contributed by atoms with van der Waals surface area (Å²) in [7, 11) is 0. The van der Waals surface area contributed by atoms with Crippen molar-refractivity contribution in [2.75, 3.05) is 11.9 Å². The van der Waals surface area contributed by atoms with Gasteiger partial charge in [-0.1, -0.05) is 12.1 Å². The lowest BCUT2D eigenvalue weighted by Gasteiger charge is -2.11. The summed E-state index contributed by atoms with van der Waals surface area (Å²) in [6.07, 6.45) is 1.89. The Labute approximate surface area is 105 Å². The molecule has 5 heteroatoms. The van der Waals surface area contributed by atoms with Crippen LogP contribution in [0.2, 0.25) is 0 Å². The van der Waals surface area contributed by atoms with Crippen LogP contribution in [0.15, 0.2) is 24.3 Å². The lowest BCUT2D eigenvalue weighted by molar-refractivity contribution is -0.136. The van der Waals surface area contributed by atoms with Crippen molar-refractivity contribution in [3.8, 4) is 0 Å². The van der Waals surface area contributed by atoms with E-state index in [9.17, 15) is 9.59 Å². The van der Waals surface area contributed by atoms with Crippen LogP contribution in [0.1, 0.15) is 18.4 Å². The maximum absolute atomic E-state index is 11.8. The van der Waals surface area contributed by atoms with E-state index in [2.05, 4.69) is 10.6 Å². The van der Waals surface area contributed by atoms with E-state index in [1.165, 1.54) is 0 Å². The van der Waals surface area contributed by atoms with E-state index < -0.39 is 5.97 Å². The van der Waals surface area contributed by atoms with Gasteiger partial charge < -0.3 is 15.7 Å². The molecule has 0 spiro atoms. The molecule has 3 N–H and O–H groups in total. The Morgan fingerprint density at radius 3 is 2.61 bits per heavy atom. The number of benzene rings is 1. The molecule has 1 fully saturated rings. The summed E-state index contributed by atoms with van der Waals surface area (Å²) in [4.78, 5) is 22.3. The largest absolute Gasteiger partial charge is 0.481 e. The number of amides is 1. The van der Waals surface area contributed by atoms with Crippen LogP contribution in [-0.2, 0) is 16.0 Å². The number of aliphatic carboxylic acids is 1. The Balaban J connectivity index is 1.93. The van der Waals surface area contributed by atoms with Crippen LogP contribution >= 0.6 is 0 Å². The zero-order valence-corrected chi connectivity index (χ0v) is 9.98. The SMILES string of the molecule is O=C(O)Cc1ccc(NC(=O)[C@H]2CCCN2)cc1. The Kier molecular flexibility index (Phi) is 3.94. The second-order valence-electron chi connectivity index (χ2n) is 4.41. The first-order chi connectivity index (χ1) is 8.65. The lowest BCUT2D eigenvalue weighted by atomic mass is 10.1. The van der Waals surface area contributed by atoms with Crippen molar-refractivity contribution in [3.63, 3.8) is 0 Å². The summed E-state index contributed by atoms with van der Waals surface area (Å²) in [5.41, 5.74) is 1.42. The van der Waals surface area contributed by atoms with Crippen molar-refractivity contribution >= 4 is 17.6 Å². The third kappa shape index (κ3) is 3.30. The highest BCUT2D eigenvalue weighted by Gasteiger charge is 2.21. The summed E-state index contributed by atoms with van der Waals surface area (Å²) in [5, 5.41) is 14.6. The van der Waals surface area contributed by atoms with Crippen LogP contribution in [0, 0.1) is 0 Å². The quantitative estimate of drug-likeness (QED) is 0.743. The van der Waals surface area contributed by atoms with Crippen molar-refractivity contribution < 1.29 is 14.7 Å². The van der Waals surface area contributed by atoms with Gasteiger partial charge >= 0.3 is 5.97 Å². The molecule has 1 saturated heterocycles. The minimum absolute atomic E-state index is 0.00158. The zero-order valence-electron chi connectivity index (χ0n) is 9.98. The van der Waals surface area contributed by atoms with Gasteiger partial charge in [0.05, 0.1) is 12.5 Å². The van der Waals surface area contributed by atoms with Gasteiger partial charge in [-0.2, -0.15) is 0 Å². The number of hydrogen-bond donors (Lipinski definition) is 3. The monoisotopic (exact) mass is 248 g/mol. The van der Waals surface area contributed by atoms with Crippen LogP contribution in [-0.4, -0.2) is 29.6 Å². The van der Waals surface area contributed by atoms with Crippen molar-refractivity contribution in [2.45, 2.75) is 25.3 Å². The summed E-state index contributed by atoms with van der Waals surface area (Å²) >= 11 is 0. The molecule has 1 amide bonds. The van der Waals surface area contributed by atoms with Gasteiger partial charge in [0.25, 0.3) is 0 Å². The third-order valence-electron chi connectivity index (χ3n) is 2.95. The van der Waals surface area contributed by atoms with Gasteiger partial charge in [0.1, 0.15) is 0 Å².